The molecule has 0 bridgehead atoms. The molecule has 2 amide bonds. The molecule has 1 aromatic carbocycles. The van der Waals surface area contributed by atoms with Crippen molar-refractivity contribution in [2.75, 3.05) is 6.79 Å². The Kier molecular flexibility index (Phi) is 3.67. The van der Waals surface area contributed by atoms with Gasteiger partial charge >= 0.3 is 6.03 Å². The molecule has 1 aliphatic carbocycles. The van der Waals surface area contributed by atoms with Gasteiger partial charge in [-0.1, -0.05) is 19.4 Å². The minimum absolute atomic E-state index is 0.0959. The summed E-state index contributed by atoms with van der Waals surface area (Å²) < 4.78 is 10.6. The van der Waals surface area contributed by atoms with Gasteiger partial charge in [0.15, 0.2) is 11.5 Å². The van der Waals surface area contributed by atoms with Crippen molar-refractivity contribution in [3.8, 4) is 11.5 Å². The molecule has 2 atom stereocenters. The lowest BCUT2D eigenvalue weighted by atomic mass is 10.1. The fourth-order valence-electron chi connectivity index (χ4n) is 2.81. The van der Waals surface area contributed by atoms with E-state index >= 15 is 0 Å². The van der Waals surface area contributed by atoms with Crippen LogP contribution in [0.1, 0.15) is 31.7 Å². The molecular weight excluding hydrogens is 256 g/mol. The highest BCUT2D eigenvalue weighted by Crippen LogP contribution is 2.32. The van der Waals surface area contributed by atoms with Gasteiger partial charge in [-0.25, -0.2) is 4.79 Å². The highest BCUT2D eigenvalue weighted by Gasteiger charge is 2.24. The van der Waals surface area contributed by atoms with Crippen LogP contribution in [-0.2, 0) is 6.54 Å². The molecule has 1 aliphatic heterocycles. The molecule has 1 aromatic rings. The molecule has 108 valence electrons. The predicted octanol–water partition coefficient (Wildman–Crippen LogP) is 2.40. The highest BCUT2D eigenvalue weighted by atomic mass is 16.7. The van der Waals surface area contributed by atoms with Crippen LogP contribution >= 0.6 is 0 Å². The van der Waals surface area contributed by atoms with Gasteiger partial charge in [0.05, 0.1) is 0 Å². The van der Waals surface area contributed by atoms with Gasteiger partial charge in [-0.2, -0.15) is 0 Å². The summed E-state index contributed by atoms with van der Waals surface area (Å²) in [6, 6.07) is 5.93. The molecule has 2 N–H and O–H groups in total. The van der Waals surface area contributed by atoms with Gasteiger partial charge in [0.1, 0.15) is 0 Å². The zero-order valence-corrected chi connectivity index (χ0v) is 11.6. The van der Waals surface area contributed by atoms with Gasteiger partial charge < -0.3 is 20.1 Å². The summed E-state index contributed by atoms with van der Waals surface area (Å²) in [5, 5.41) is 5.94. The number of fused-ring (bicyclic) bond motifs is 1. The minimum atomic E-state index is -0.0959. The van der Waals surface area contributed by atoms with E-state index in [1.54, 1.807) is 0 Å². The number of hydrogen-bond donors (Lipinski definition) is 2. The first kappa shape index (κ1) is 13.1. The Bertz CT molecular complexity index is 504. The normalized spacial score (nSPS) is 23.6. The maximum Gasteiger partial charge on any atom is 0.315 e. The van der Waals surface area contributed by atoms with Gasteiger partial charge in [0.25, 0.3) is 0 Å². The van der Waals surface area contributed by atoms with E-state index in [0.717, 1.165) is 23.5 Å². The Morgan fingerprint density at radius 1 is 1.30 bits per heavy atom. The summed E-state index contributed by atoms with van der Waals surface area (Å²) in [5.41, 5.74) is 1.00. The summed E-state index contributed by atoms with van der Waals surface area (Å²) >= 11 is 0. The van der Waals surface area contributed by atoms with Crippen molar-refractivity contribution in [2.24, 2.45) is 5.92 Å². The van der Waals surface area contributed by atoms with Crippen molar-refractivity contribution >= 4 is 6.03 Å². The number of benzene rings is 1. The first-order valence-corrected chi connectivity index (χ1v) is 7.15. The van der Waals surface area contributed by atoms with E-state index in [1.807, 2.05) is 18.2 Å². The molecule has 1 fully saturated rings. The molecule has 0 saturated heterocycles. The molecular formula is C15H20N2O3. The smallest absolute Gasteiger partial charge is 0.315 e. The van der Waals surface area contributed by atoms with Crippen LogP contribution in [0.25, 0.3) is 0 Å². The van der Waals surface area contributed by atoms with Gasteiger partial charge in [-0.15, -0.1) is 0 Å². The lowest BCUT2D eigenvalue weighted by Gasteiger charge is -2.17. The Balaban J connectivity index is 1.50. The van der Waals surface area contributed by atoms with Crippen molar-refractivity contribution in [1.82, 2.24) is 10.6 Å². The lowest BCUT2D eigenvalue weighted by molar-refractivity contribution is 0.174. The Labute approximate surface area is 118 Å². The van der Waals surface area contributed by atoms with E-state index < -0.39 is 0 Å². The van der Waals surface area contributed by atoms with E-state index in [2.05, 4.69) is 17.6 Å². The SMILES string of the molecule is C[C@H]1CCC[C@H]1NC(=O)NCc1ccc2c(c1)OCO2. The fourth-order valence-corrected chi connectivity index (χ4v) is 2.81. The predicted molar refractivity (Wildman–Crippen MR) is 74.7 cm³/mol. The lowest BCUT2D eigenvalue weighted by Crippen LogP contribution is -2.42. The third-order valence-corrected chi connectivity index (χ3v) is 4.07. The van der Waals surface area contributed by atoms with E-state index in [4.69, 9.17) is 9.47 Å². The average Bonchev–Trinajstić information content (AvgIpc) is 3.05. The van der Waals surface area contributed by atoms with Gasteiger partial charge in [-0.05, 0) is 36.5 Å². The first-order valence-electron chi connectivity index (χ1n) is 7.15. The monoisotopic (exact) mass is 276 g/mol. The number of amides is 2. The van der Waals surface area contributed by atoms with Gasteiger partial charge in [0.2, 0.25) is 6.79 Å². The van der Waals surface area contributed by atoms with Gasteiger partial charge in [0, 0.05) is 12.6 Å². The zero-order chi connectivity index (χ0) is 13.9. The molecule has 3 rings (SSSR count). The van der Waals surface area contributed by atoms with Crippen molar-refractivity contribution in [3.05, 3.63) is 23.8 Å². The van der Waals surface area contributed by atoms with Crippen LogP contribution < -0.4 is 20.1 Å². The summed E-state index contributed by atoms with van der Waals surface area (Å²) in [6.45, 7) is 2.95. The minimum Gasteiger partial charge on any atom is -0.454 e. The highest BCUT2D eigenvalue weighted by molar-refractivity contribution is 5.74. The van der Waals surface area contributed by atoms with Crippen LogP contribution in [0.4, 0.5) is 4.79 Å². The molecule has 5 nitrogen and oxygen atoms in total. The maximum atomic E-state index is 11.9. The molecule has 0 unspecified atom stereocenters. The Morgan fingerprint density at radius 3 is 2.95 bits per heavy atom. The Morgan fingerprint density at radius 2 is 2.15 bits per heavy atom. The maximum absolute atomic E-state index is 11.9. The average molecular weight is 276 g/mol. The standard InChI is InChI=1S/C15H20N2O3/c1-10-3-2-4-12(10)17-15(18)16-8-11-5-6-13-14(7-11)20-9-19-13/h5-7,10,12H,2-4,8-9H2,1H3,(H2,16,17,18)/t10-,12+/m0/s1. The third kappa shape index (κ3) is 2.81. The van der Waals surface area contributed by atoms with E-state index in [0.29, 0.717) is 18.5 Å². The summed E-state index contributed by atoms with van der Waals surface area (Å²) in [7, 11) is 0. The topological polar surface area (TPSA) is 59.6 Å². The number of rotatable bonds is 3. The molecule has 0 spiro atoms. The second kappa shape index (κ2) is 5.61. The molecule has 5 heteroatoms. The molecule has 0 aromatic heterocycles. The molecule has 0 radical (unpaired) electrons. The largest absolute Gasteiger partial charge is 0.454 e. The van der Waals surface area contributed by atoms with Crippen molar-refractivity contribution in [3.63, 3.8) is 0 Å². The van der Waals surface area contributed by atoms with E-state index in [-0.39, 0.29) is 12.8 Å². The number of carbonyl (C=O) groups is 1. The molecule has 20 heavy (non-hydrogen) atoms. The molecule has 1 heterocycles. The van der Waals surface area contributed by atoms with Crippen molar-refractivity contribution in [1.29, 1.82) is 0 Å². The molecule has 1 saturated carbocycles. The number of carbonyl (C=O) groups excluding carboxylic acids is 1. The summed E-state index contributed by atoms with van der Waals surface area (Å²) in [6.07, 6.45) is 3.49. The van der Waals surface area contributed by atoms with Crippen LogP contribution in [0.5, 0.6) is 11.5 Å². The number of ether oxygens (including phenoxy) is 2. The van der Waals surface area contributed by atoms with Crippen LogP contribution in [0, 0.1) is 5.92 Å². The van der Waals surface area contributed by atoms with Crippen molar-refractivity contribution < 1.29 is 14.3 Å². The van der Waals surface area contributed by atoms with Crippen LogP contribution in [-0.4, -0.2) is 18.9 Å². The van der Waals surface area contributed by atoms with E-state index in [9.17, 15) is 4.79 Å². The Hall–Kier alpha value is -1.91. The second-order valence-electron chi connectivity index (χ2n) is 5.53. The second-order valence-corrected chi connectivity index (χ2v) is 5.53. The summed E-state index contributed by atoms with van der Waals surface area (Å²) in [5.74, 6) is 2.08. The third-order valence-electron chi connectivity index (χ3n) is 4.07. The summed E-state index contributed by atoms with van der Waals surface area (Å²) in [4.78, 5) is 11.9. The van der Waals surface area contributed by atoms with Crippen molar-refractivity contribution in [2.45, 2.75) is 38.8 Å². The quantitative estimate of drug-likeness (QED) is 0.891. The zero-order valence-electron chi connectivity index (χ0n) is 11.6. The van der Waals surface area contributed by atoms with Crippen LogP contribution in [0.3, 0.4) is 0 Å². The van der Waals surface area contributed by atoms with Gasteiger partial charge in [-0.3, -0.25) is 0 Å². The molecule has 2 aliphatic rings. The van der Waals surface area contributed by atoms with E-state index in [1.165, 1.54) is 12.8 Å². The number of nitrogens with one attached hydrogen (secondary N) is 2. The van der Waals surface area contributed by atoms with Crippen LogP contribution in [0.2, 0.25) is 0 Å². The van der Waals surface area contributed by atoms with Crippen LogP contribution in [0.15, 0.2) is 18.2 Å². The number of hydrogen-bond acceptors (Lipinski definition) is 3. The fraction of sp³-hybridized carbons (Fsp3) is 0.533. The number of urea groups is 1. The first-order chi connectivity index (χ1) is 9.72.